The molecule has 3 atom stereocenters. The maximum Gasteiger partial charge on any atom is 0.241 e. The largest absolute Gasteiger partial charge is 0.341 e. The second-order valence-corrected chi connectivity index (χ2v) is 8.95. The van der Waals surface area contributed by atoms with Gasteiger partial charge in [-0.3, -0.25) is 4.79 Å². The minimum atomic E-state index is -3.78. The van der Waals surface area contributed by atoms with Gasteiger partial charge in [-0.15, -0.1) is 0 Å². The van der Waals surface area contributed by atoms with Gasteiger partial charge in [-0.1, -0.05) is 37.6 Å². The van der Waals surface area contributed by atoms with E-state index < -0.39 is 15.1 Å². The number of carbonyl (C=O) groups is 1. The third-order valence-corrected chi connectivity index (χ3v) is 6.68. The van der Waals surface area contributed by atoms with Crippen LogP contribution in [0.5, 0.6) is 0 Å². The van der Waals surface area contributed by atoms with E-state index in [2.05, 4.69) is 13.8 Å². The number of likely N-dealkylation sites (tertiary alicyclic amines) is 1. The molecule has 22 heavy (non-hydrogen) atoms. The van der Waals surface area contributed by atoms with E-state index in [1.807, 2.05) is 0 Å². The summed E-state index contributed by atoms with van der Waals surface area (Å²) in [6, 6.07) is 6.25. The van der Waals surface area contributed by atoms with E-state index in [4.69, 9.17) is 11.6 Å². The Morgan fingerprint density at radius 3 is 2.32 bits per heavy atom. The fourth-order valence-electron chi connectivity index (χ4n) is 3.10. The van der Waals surface area contributed by atoms with E-state index in [0.29, 0.717) is 24.9 Å². The van der Waals surface area contributed by atoms with Gasteiger partial charge in [0.25, 0.3) is 0 Å². The first-order chi connectivity index (χ1) is 10.2. The molecule has 0 radical (unpaired) electrons. The standard InChI is InChI=1S/C16H22ClNO3S/c1-11-8-12(2)10-18(9-11)16(19)13(3)22(20,21)15-7-5-4-6-14(15)17/h4-7,11-13H,8-10H2,1-3H3. The first-order valence-corrected chi connectivity index (χ1v) is 9.43. The molecule has 0 aromatic heterocycles. The quantitative estimate of drug-likeness (QED) is 0.847. The smallest absolute Gasteiger partial charge is 0.241 e. The van der Waals surface area contributed by atoms with E-state index in [1.165, 1.54) is 19.1 Å². The molecule has 1 aliphatic heterocycles. The molecule has 1 amide bonds. The number of nitrogens with zero attached hydrogens (tertiary/aromatic N) is 1. The van der Waals surface area contributed by atoms with Gasteiger partial charge in [0.2, 0.25) is 5.91 Å². The number of piperidine rings is 1. The zero-order valence-corrected chi connectivity index (χ0v) is 14.7. The number of rotatable bonds is 3. The molecule has 1 aliphatic rings. The molecule has 0 aliphatic carbocycles. The van der Waals surface area contributed by atoms with Crippen molar-refractivity contribution in [3.05, 3.63) is 29.3 Å². The van der Waals surface area contributed by atoms with Crippen LogP contribution in [0.3, 0.4) is 0 Å². The van der Waals surface area contributed by atoms with Crippen molar-refractivity contribution in [3.63, 3.8) is 0 Å². The molecular weight excluding hydrogens is 322 g/mol. The predicted octanol–water partition coefficient (Wildman–Crippen LogP) is 3.01. The van der Waals surface area contributed by atoms with Gasteiger partial charge in [-0.25, -0.2) is 8.42 Å². The van der Waals surface area contributed by atoms with Crippen LogP contribution in [0, 0.1) is 11.8 Å². The summed E-state index contributed by atoms with van der Waals surface area (Å²) in [4.78, 5) is 14.3. The van der Waals surface area contributed by atoms with Crippen LogP contribution in [0.1, 0.15) is 27.2 Å². The Balaban J connectivity index is 2.25. The van der Waals surface area contributed by atoms with Crippen molar-refractivity contribution >= 4 is 27.3 Å². The summed E-state index contributed by atoms with van der Waals surface area (Å²) in [6.45, 7) is 6.86. The van der Waals surface area contributed by atoms with Crippen molar-refractivity contribution in [2.45, 2.75) is 37.3 Å². The fourth-order valence-corrected chi connectivity index (χ4v) is 4.96. The number of carbonyl (C=O) groups excluding carboxylic acids is 1. The maximum absolute atomic E-state index is 12.7. The van der Waals surface area contributed by atoms with Crippen LogP contribution in [-0.2, 0) is 14.6 Å². The minimum Gasteiger partial charge on any atom is -0.341 e. The van der Waals surface area contributed by atoms with Gasteiger partial charge in [0.15, 0.2) is 9.84 Å². The van der Waals surface area contributed by atoms with Gasteiger partial charge in [-0.2, -0.15) is 0 Å². The lowest BCUT2D eigenvalue weighted by atomic mass is 9.92. The monoisotopic (exact) mass is 343 g/mol. The number of benzene rings is 1. The average Bonchev–Trinajstić information content (AvgIpc) is 2.44. The highest BCUT2D eigenvalue weighted by Gasteiger charge is 2.36. The van der Waals surface area contributed by atoms with Crippen LogP contribution in [0.2, 0.25) is 5.02 Å². The Hall–Kier alpha value is -1.07. The first-order valence-electron chi connectivity index (χ1n) is 7.50. The van der Waals surface area contributed by atoms with E-state index >= 15 is 0 Å². The van der Waals surface area contributed by atoms with Crippen LogP contribution in [0.4, 0.5) is 0 Å². The van der Waals surface area contributed by atoms with Crippen molar-refractivity contribution in [3.8, 4) is 0 Å². The van der Waals surface area contributed by atoms with Crippen molar-refractivity contribution < 1.29 is 13.2 Å². The Bertz CT molecular complexity index is 649. The van der Waals surface area contributed by atoms with Gasteiger partial charge in [0.1, 0.15) is 5.25 Å². The van der Waals surface area contributed by atoms with Gasteiger partial charge >= 0.3 is 0 Å². The second-order valence-electron chi connectivity index (χ2n) is 6.31. The summed E-state index contributed by atoms with van der Waals surface area (Å²) >= 11 is 5.99. The molecular formula is C16H22ClNO3S. The molecule has 0 bridgehead atoms. The summed E-state index contributed by atoms with van der Waals surface area (Å²) in [6.07, 6.45) is 1.06. The Kier molecular flexibility index (Phi) is 5.17. The van der Waals surface area contributed by atoms with Crippen LogP contribution < -0.4 is 0 Å². The number of sulfone groups is 1. The second kappa shape index (κ2) is 6.59. The third kappa shape index (κ3) is 3.46. The molecule has 2 rings (SSSR count). The van der Waals surface area contributed by atoms with Crippen molar-refractivity contribution in [1.82, 2.24) is 4.90 Å². The van der Waals surface area contributed by atoms with Crippen LogP contribution in [0.15, 0.2) is 29.2 Å². The molecule has 4 nitrogen and oxygen atoms in total. The highest BCUT2D eigenvalue weighted by molar-refractivity contribution is 7.92. The number of amides is 1. The van der Waals surface area contributed by atoms with Crippen LogP contribution >= 0.6 is 11.6 Å². The molecule has 1 aromatic carbocycles. The van der Waals surface area contributed by atoms with Crippen LogP contribution in [0.25, 0.3) is 0 Å². The molecule has 1 heterocycles. The zero-order chi connectivity index (χ0) is 16.5. The van der Waals surface area contributed by atoms with Gasteiger partial charge in [0, 0.05) is 13.1 Å². The minimum absolute atomic E-state index is 0.0237. The number of hydrogen-bond acceptors (Lipinski definition) is 3. The van der Waals surface area contributed by atoms with Crippen LogP contribution in [-0.4, -0.2) is 37.6 Å². The predicted molar refractivity (Wildman–Crippen MR) is 87.6 cm³/mol. The normalized spacial score (nSPS) is 24.1. The highest BCUT2D eigenvalue weighted by atomic mass is 35.5. The lowest BCUT2D eigenvalue weighted by Gasteiger charge is -2.36. The Labute approximate surface area is 137 Å². The van der Waals surface area contributed by atoms with E-state index in [1.54, 1.807) is 17.0 Å². The first kappa shape index (κ1) is 17.3. The Morgan fingerprint density at radius 2 is 1.77 bits per heavy atom. The van der Waals surface area contributed by atoms with Gasteiger partial charge in [-0.05, 0) is 37.3 Å². The van der Waals surface area contributed by atoms with Crippen molar-refractivity contribution in [2.24, 2.45) is 11.8 Å². The molecule has 0 spiro atoms. The van der Waals surface area contributed by atoms with Gasteiger partial charge in [0.05, 0.1) is 9.92 Å². The molecule has 1 fully saturated rings. The molecule has 122 valence electrons. The number of hydrogen-bond donors (Lipinski definition) is 0. The molecule has 1 aromatic rings. The van der Waals surface area contributed by atoms with E-state index in [-0.39, 0.29) is 15.8 Å². The third-order valence-electron chi connectivity index (χ3n) is 4.14. The topological polar surface area (TPSA) is 54.5 Å². The zero-order valence-electron chi connectivity index (χ0n) is 13.1. The summed E-state index contributed by atoms with van der Waals surface area (Å²) in [5.74, 6) is 0.448. The summed E-state index contributed by atoms with van der Waals surface area (Å²) in [5.41, 5.74) is 0. The SMILES string of the molecule is CC1CC(C)CN(C(=O)C(C)S(=O)(=O)c2ccccc2Cl)C1. The van der Waals surface area contributed by atoms with E-state index in [9.17, 15) is 13.2 Å². The average molecular weight is 344 g/mol. The van der Waals surface area contributed by atoms with E-state index in [0.717, 1.165) is 6.42 Å². The maximum atomic E-state index is 12.7. The van der Waals surface area contributed by atoms with Gasteiger partial charge < -0.3 is 4.90 Å². The lowest BCUT2D eigenvalue weighted by Crippen LogP contribution is -2.48. The number of halogens is 1. The lowest BCUT2D eigenvalue weighted by molar-refractivity contribution is -0.133. The molecule has 0 saturated carbocycles. The summed E-state index contributed by atoms with van der Waals surface area (Å²) < 4.78 is 25.3. The highest BCUT2D eigenvalue weighted by Crippen LogP contribution is 2.27. The summed E-state index contributed by atoms with van der Waals surface area (Å²) in [7, 11) is -3.78. The fraction of sp³-hybridized carbons (Fsp3) is 0.562. The molecule has 0 N–H and O–H groups in total. The van der Waals surface area contributed by atoms with Crippen molar-refractivity contribution in [2.75, 3.05) is 13.1 Å². The molecule has 3 unspecified atom stereocenters. The molecule has 6 heteroatoms. The summed E-state index contributed by atoms with van der Waals surface area (Å²) in [5, 5.41) is -0.965. The van der Waals surface area contributed by atoms with Crippen molar-refractivity contribution in [1.29, 1.82) is 0 Å². The Morgan fingerprint density at radius 1 is 1.23 bits per heavy atom. The molecule has 1 saturated heterocycles.